The van der Waals surface area contributed by atoms with Crippen LogP contribution in [0.1, 0.15) is 28.4 Å². The predicted molar refractivity (Wildman–Crippen MR) is 107 cm³/mol. The molecule has 3 heteroatoms. The van der Waals surface area contributed by atoms with Crippen LogP contribution in [0.4, 0.5) is 5.69 Å². The number of fused-ring (bicyclic) bond motifs is 1. The molecule has 0 saturated heterocycles. The van der Waals surface area contributed by atoms with Crippen molar-refractivity contribution in [3.05, 3.63) is 102 Å². The molecule has 3 aromatic rings. The van der Waals surface area contributed by atoms with E-state index in [1.807, 2.05) is 72.8 Å². The lowest BCUT2D eigenvalue weighted by Crippen LogP contribution is -2.51. The first kappa shape index (κ1) is 17.2. The number of carbonyl (C=O) groups is 2. The van der Waals surface area contributed by atoms with Crippen LogP contribution in [0, 0.1) is 5.41 Å². The van der Waals surface area contributed by atoms with Crippen molar-refractivity contribution >= 4 is 17.4 Å². The van der Waals surface area contributed by atoms with Gasteiger partial charge in [0.25, 0.3) is 0 Å². The van der Waals surface area contributed by atoms with Gasteiger partial charge in [0.05, 0.1) is 6.54 Å². The van der Waals surface area contributed by atoms with E-state index >= 15 is 0 Å². The lowest BCUT2D eigenvalue weighted by molar-refractivity contribution is -0.125. The molecular formula is C24H21NO2. The summed E-state index contributed by atoms with van der Waals surface area (Å²) in [7, 11) is 0. The number of anilines is 1. The molecule has 27 heavy (non-hydrogen) atoms. The molecule has 3 nitrogen and oxygen atoms in total. The molecule has 0 spiro atoms. The average molecular weight is 355 g/mol. The molecule has 0 fully saturated rings. The van der Waals surface area contributed by atoms with Crippen molar-refractivity contribution in [3.63, 3.8) is 0 Å². The highest BCUT2D eigenvalue weighted by Gasteiger charge is 2.48. The number of hydrogen-bond donors (Lipinski definition) is 0. The Hall–Kier alpha value is -3.20. The van der Waals surface area contributed by atoms with Crippen LogP contribution < -0.4 is 4.90 Å². The van der Waals surface area contributed by atoms with Crippen LogP contribution >= 0.6 is 0 Å². The van der Waals surface area contributed by atoms with Crippen molar-refractivity contribution in [1.82, 2.24) is 0 Å². The summed E-state index contributed by atoms with van der Waals surface area (Å²) >= 11 is 0. The van der Waals surface area contributed by atoms with Crippen molar-refractivity contribution in [2.75, 3.05) is 4.90 Å². The summed E-state index contributed by atoms with van der Waals surface area (Å²) in [5.41, 5.74) is 2.43. The summed E-state index contributed by atoms with van der Waals surface area (Å²) < 4.78 is 0. The third-order valence-electron chi connectivity index (χ3n) is 5.26. The second-order valence-electron chi connectivity index (χ2n) is 7.21. The molecule has 1 amide bonds. The molecule has 1 aliphatic heterocycles. The van der Waals surface area contributed by atoms with Gasteiger partial charge in [-0.05, 0) is 30.5 Å². The molecule has 0 saturated carbocycles. The van der Waals surface area contributed by atoms with Crippen molar-refractivity contribution in [3.8, 4) is 0 Å². The van der Waals surface area contributed by atoms with Crippen LogP contribution in [0.15, 0.2) is 84.9 Å². The Bertz CT molecular complexity index is 982. The number of amides is 1. The molecule has 134 valence electrons. The van der Waals surface area contributed by atoms with E-state index < -0.39 is 5.41 Å². The fourth-order valence-electron chi connectivity index (χ4n) is 3.80. The standard InChI is InChI=1S/C24H21NO2/c1-24(22(26)19-12-6-3-7-13-19)16-20-14-8-9-15-21(20)25(23(24)27)17-18-10-4-2-5-11-18/h2-15H,16-17H2,1H3. The Morgan fingerprint density at radius 3 is 2.19 bits per heavy atom. The number of para-hydroxylation sites is 1. The SMILES string of the molecule is CC1(C(=O)c2ccccc2)Cc2ccccc2N(Cc2ccccc2)C1=O. The van der Waals surface area contributed by atoms with E-state index in [1.54, 1.807) is 24.0 Å². The van der Waals surface area contributed by atoms with Crippen LogP contribution in [0.2, 0.25) is 0 Å². The minimum absolute atomic E-state index is 0.124. The van der Waals surface area contributed by atoms with Crippen LogP contribution in [-0.2, 0) is 17.8 Å². The van der Waals surface area contributed by atoms with Gasteiger partial charge >= 0.3 is 0 Å². The Labute approximate surface area is 159 Å². The number of nitrogens with zero attached hydrogens (tertiary/aromatic N) is 1. The Kier molecular flexibility index (Phi) is 4.36. The topological polar surface area (TPSA) is 37.4 Å². The van der Waals surface area contributed by atoms with E-state index in [0.717, 1.165) is 16.8 Å². The minimum Gasteiger partial charge on any atom is -0.307 e. The van der Waals surface area contributed by atoms with Gasteiger partial charge in [-0.25, -0.2) is 0 Å². The second kappa shape index (κ2) is 6.84. The molecule has 0 bridgehead atoms. The fraction of sp³-hybridized carbons (Fsp3) is 0.167. The van der Waals surface area contributed by atoms with Gasteiger partial charge < -0.3 is 4.90 Å². The number of ketones is 1. The van der Waals surface area contributed by atoms with E-state index in [9.17, 15) is 9.59 Å². The van der Waals surface area contributed by atoms with Crippen molar-refractivity contribution in [2.24, 2.45) is 5.41 Å². The molecule has 4 rings (SSSR count). The molecule has 0 aliphatic carbocycles. The normalized spacial score (nSPS) is 18.9. The maximum Gasteiger partial charge on any atom is 0.241 e. The van der Waals surface area contributed by atoms with Gasteiger partial charge in [0, 0.05) is 11.3 Å². The average Bonchev–Trinajstić information content (AvgIpc) is 2.72. The van der Waals surface area contributed by atoms with Gasteiger partial charge in [-0.2, -0.15) is 0 Å². The highest BCUT2D eigenvalue weighted by molar-refractivity contribution is 6.19. The largest absolute Gasteiger partial charge is 0.307 e. The quantitative estimate of drug-likeness (QED) is 0.504. The smallest absolute Gasteiger partial charge is 0.241 e. The van der Waals surface area contributed by atoms with Gasteiger partial charge in [0.1, 0.15) is 5.41 Å². The zero-order valence-electron chi connectivity index (χ0n) is 15.3. The van der Waals surface area contributed by atoms with Gasteiger partial charge in [-0.3, -0.25) is 9.59 Å². The van der Waals surface area contributed by atoms with E-state index in [1.165, 1.54) is 0 Å². The van der Waals surface area contributed by atoms with E-state index in [2.05, 4.69) is 0 Å². The predicted octanol–water partition coefficient (Wildman–Crippen LogP) is 4.67. The highest BCUT2D eigenvalue weighted by Crippen LogP contribution is 2.40. The zero-order chi connectivity index (χ0) is 18.9. The molecule has 1 unspecified atom stereocenters. The number of rotatable bonds is 4. The zero-order valence-corrected chi connectivity index (χ0v) is 15.3. The lowest BCUT2D eigenvalue weighted by atomic mass is 9.73. The number of hydrogen-bond acceptors (Lipinski definition) is 2. The molecule has 0 radical (unpaired) electrons. The Balaban J connectivity index is 1.77. The van der Waals surface area contributed by atoms with Crippen molar-refractivity contribution in [1.29, 1.82) is 0 Å². The molecule has 1 aliphatic rings. The number of benzene rings is 3. The number of carbonyl (C=O) groups excluding carboxylic acids is 2. The first-order valence-corrected chi connectivity index (χ1v) is 9.13. The van der Waals surface area contributed by atoms with E-state index in [4.69, 9.17) is 0 Å². The van der Waals surface area contributed by atoms with E-state index in [0.29, 0.717) is 18.5 Å². The third kappa shape index (κ3) is 3.06. The van der Waals surface area contributed by atoms with Crippen LogP contribution in [0.3, 0.4) is 0 Å². The molecule has 1 atom stereocenters. The first-order chi connectivity index (χ1) is 13.1. The lowest BCUT2D eigenvalue weighted by Gasteiger charge is -2.39. The third-order valence-corrected chi connectivity index (χ3v) is 5.26. The monoisotopic (exact) mass is 355 g/mol. The van der Waals surface area contributed by atoms with Crippen molar-refractivity contribution < 1.29 is 9.59 Å². The molecular weight excluding hydrogens is 334 g/mol. The molecule has 1 heterocycles. The van der Waals surface area contributed by atoms with Crippen LogP contribution in [0.25, 0.3) is 0 Å². The summed E-state index contributed by atoms with van der Waals surface area (Å²) in [5, 5.41) is 0. The molecule has 0 N–H and O–H groups in total. The molecule has 3 aromatic carbocycles. The van der Waals surface area contributed by atoms with Crippen molar-refractivity contribution in [2.45, 2.75) is 19.9 Å². The highest BCUT2D eigenvalue weighted by atomic mass is 16.2. The summed E-state index contributed by atoms with van der Waals surface area (Å²) in [6.45, 7) is 2.23. The maximum absolute atomic E-state index is 13.5. The fourth-order valence-corrected chi connectivity index (χ4v) is 3.80. The maximum atomic E-state index is 13.5. The summed E-state index contributed by atoms with van der Waals surface area (Å²) in [4.78, 5) is 28.6. The Morgan fingerprint density at radius 2 is 1.48 bits per heavy atom. The Morgan fingerprint density at radius 1 is 0.889 bits per heavy atom. The minimum atomic E-state index is -1.11. The second-order valence-corrected chi connectivity index (χ2v) is 7.21. The van der Waals surface area contributed by atoms with Gasteiger partial charge in [0.2, 0.25) is 5.91 Å². The summed E-state index contributed by atoms with van der Waals surface area (Å²) in [5.74, 6) is -0.264. The number of Topliss-reactive ketones (excluding diaryl/α,β-unsaturated/α-hetero) is 1. The van der Waals surface area contributed by atoms with Crippen LogP contribution in [-0.4, -0.2) is 11.7 Å². The van der Waals surface area contributed by atoms with Gasteiger partial charge in [0.15, 0.2) is 5.78 Å². The summed E-state index contributed by atoms with van der Waals surface area (Å²) in [6.07, 6.45) is 0.418. The van der Waals surface area contributed by atoms with Gasteiger partial charge in [-0.1, -0.05) is 78.9 Å². The first-order valence-electron chi connectivity index (χ1n) is 9.13. The molecule has 0 aromatic heterocycles. The summed E-state index contributed by atoms with van der Waals surface area (Å²) in [6, 6.07) is 26.9. The van der Waals surface area contributed by atoms with Gasteiger partial charge in [-0.15, -0.1) is 0 Å². The van der Waals surface area contributed by atoms with E-state index in [-0.39, 0.29) is 11.7 Å². The van der Waals surface area contributed by atoms with Crippen LogP contribution in [0.5, 0.6) is 0 Å².